The highest BCUT2D eigenvalue weighted by Gasteiger charge is 2.17. The average Bonchev–Trinajstić information content (AvgIpc) is 3.65. The Labute approximate surface area is 325 Å². The molecule has 262 valence electrons. The number of rotatable bonds is 6. The molecular formula is C54H35NO. The van der Waals surface area contributed by atoms with E-state index in [0.29, 0.717) is 0 Å². The molecule has 0 fully saturated rings. The van der Waals surface area contributed by atoms with Gasteiger partial charge in [-0.15, -0.1) is 0 Å². The van der Waals surface area contributed by atoms with Crippen LogP contribution in [0.4, 0.5) is 17.1 Å². The Morgan fingerprint density at radius 2 is 0.857 bits per heavy atom. The second-order valence-electron chi connectivity index (χ2n) is 14.5. The van der Waals surface area contributed by atoms with Crippen LogP contribution in [0, 0.1) is 0 Å². The normalized spacial score (nSPS) is 11.6. The van der Waals surface area contributed by atoms with E-state index in [0.717, 1.165) is 50.1 Å². The molecule has 10 aromatic carbocycles. The fraction of sp³-hybridized carbons (Fsp3) is 0. The molecule has 0 aliphatic rings. The minimum Gasteiger partial charge on any atom is -0.456 e. The maximum Gasteiger partial charge on any atom is 0.135 e. The van der Waals surface area contributed by atoms with Crippen LogP contribution in [-0.2, 0) is 0 Å². The molecule has 11 rings (SSSR count). The topological polar surface area (TPSA) is 16.4 Å². The molecule has 0 aliphatic heterocycles. The van der Waals surface area contributed by atoms with E-state index in [2.05, 4.69) is 205 Å². The van der Waals surface area contributed by atoms with Crippen LogP contribution in [0.25, 0.3) is 87.6 Å². The van der Waals surface area contributed by atoms with E-state index in [1.165, 1.54) is 54.6 Å². The molecule has 2 heteroatoms. The number of furan rings is 1. The first kappa shape index (κ1) is 32.0. The molecule has 56 heavy (non-hydrogen) atoms. The van der Waals surface area contributed by atoms with E-state index in [4.69, 9.17) is 4.42 Å². The van der Waals surface area contributed by atoms with Gasteiger partial charge in [0.15, 0.2) is 0 Å². The lowest BCUT2D eigenvalue weighted by molar-refractivity contribution is 0.669. The molecule has 1 aromatic heterocycles. The van der Waals surface area contributed by atoms with Crippen molar-refractivity contribution in [3.63, 3.8) is 0 Å². The lowest BCUT2D eigenvalue weighted by Crippen LogP contribution is -2.10. The quantitative estimate of drug-likeness (QED) is 0.160. The molecule has 0 radical (unpaired) electrons. The van der Waals surface area contributed by atoms with Crippen LogP contribution < -0.4 is 4.90 Å². The number of benzene rings is 10. The van der Waals surface area contributed by atoms with Gasteiger partial charge in [-0.2, -0.15) is 0 Å². The van der Waals surface area contributed by atoms with Crippen LogP contribution >= 0.6 is 0 Å². The third kappa shape index (κ3) is 5.42. The van der Waals surface area contributed by atoms with Crippen molar-refractivity contribution in [1.82, 2.24) is 0 Å². The third-order valence-electron chi connectivity index (χ3n) is 11.2. The standard InChI is InChI=1S/C54H35NO/c1-3-16-45-37(11-1)13-10-21-46(45)40-14-9-15-44(33-40)55(42-28-23-36(24-29-42)39-27-32-54-52(34-39)50-20-7-8-22-53(50)56-54)43-30-25-38(26-31-43)51-35-41-12-2-4-17-47(41)48-18-5-6-19-49(48)51/h1-35H. The van der Waals surface area contributed by atoms with Gasteiger partial charge in [-0.05, 0) is 126 Å². The fourth-order valence-electron chi connectivity index (χ4n) is 8.53. The van der Waals surface area contributed by atoms with Crippen LogP contribution in [0.15, 0.2) is 217 Å². The van der Waals surface area contributed by atoms with Crippen molar-refractivity contribution in [2.75, 3.05) is 4.90 Å². The molecule has 0 bridgehead atoms. The van der Waals surface area contributed by atoms with Crippen molar-refractivity contribution in [3.8, 4) is 33.4 Å². The van der Waals surface area contributed by atoms with Gasteiger partial charge in [-0.3, -0.25) is 0 Å². The smallest absolute Gasteiger partial charge is 0.135 e. The number of hydrogen-bond donors (Lipinski definition) is 0. The van der Waals surface area contributed by atoms with E-state index in [1.807, 2.05) is 12.1 Å². The largest absolute Gasteiger partial charge is 0.456 e. The number of fused-ring (bicyclic) bond motifs is 7. The highest BCUT2D eigenvalue weighted by molar-refractivity contribution is 6.14. The minimum absolute atomic E-state index is 0.906. The van der Waals surface area contributed by atoms with Gasteiger partial charge >= 0.3 is 0 Å². The second kappa shape index (κ2) is 13.2. The molecule has 0 saturated heterocycles. The van der Waals surface area contributed by atoms with Crippen LogP contribution in [0.1, 0.15) is 0 Å². The highest BCUT2D eigenvalue weighted by Crippen LogP contribution is 2.41. The summed E-state index contributed by atoms with van der Waals surface area (Å²) >= 11 is 0. The van der Waals surface area contributed by atoms with Gasteiger partial charge in [0, 0.05) is 27.8 Å². The minimum atomic E-state index is 0.906. The molecule has 1 heterocycles. The Balaban J connectivity index is 1.03. The van der Waals surface area contributed by atoms with Crippen LogP contribution in [-0.4, -0.2) is 0 Å². The SMILES string of the molecule is c1cc(-c2cccc3ccccc23)cc(N(c2ccc(-c3ccc4oc5ccccc5c4c3)cc2)c2ccc(-c3cc4ccccc4c4ccccc34)cc2)c1. The fourth-order valence-corrected chi connectivity index (χ4v) is 8.53. The Morgan fingerprint density at radius 3 is 1.66 bits per heavy atom. The molecule has 0 spiro atoms. The molecule has 0 unspecified atom stereocenters. The number of para-hydroxylation sites is 1. The Bertz CT molecular complexity index is 3240. The van der Waals surface area contributed by atoms with Gasteiger partial charge in [-0.1, -0.05) is 152 Å². The molecule has 2 nitrogen and oxygen atoms in total. The molecule has 0 aliphatic carbocycles. The van der Waals surface area contributed by atoms with Gasteiger partial charge in [0.2, 0.25) is 0 Å². The first-order valence-corrected chi connectivity index (χ1v) is 19.2. The van der Waals surface area contributed by atoms with Crippen LogP contribution in [0.3, 0.4) is 0 Å². The van der Waals surface area contributed by atoms with Crippen molar-refractivity contribution < 1.29 is 4.42 Å². The van der Waals surface area contributed by atoms with Gasteiger partial charge < -0.3 is 9.32 Å². The summed E-state index contributed by atoms with van der Waals surface area (Å²) < 4.78 is 6.13. The zero-order valence-corrected chi connectivity index (χ0v) is 30.6. The summed E-state index contributed by atoms with van der Waals surface area (Å²) in [5, 5.41) is 9.82. The van der Waals surface area contributed by atoms with Gasteiger partial charge in [0.1, 0.15) is 11.2 Å². The Kier molecular flexibility index (Phi) is 7.53. The predicted molar refractivity (Wildman–Crippen MR) is 237 cm³/mol. The monoisotopic (exact) mass is 713 g/mol. The summed E-state index contributed by atoms with van der Waals surface area (Å²) in [6.45, 7) is 0. The maximum atomic E-state index is 6.13. The van der Waals surface area contributed by atoms with E-state index < -0.39 is 0 Å². The zero-order chi connectivity index (χ0) is 37.0. The van der Waals surface area contributed by atoms with Crippen LogP contribution in [0.2, 0.25) is 0 Å². The molecule has 0 saturated carbocycles. The number of hydrogen-bond acceptors (Lipinski definition) is 2. The van der Waals surface area contributed by atoms with Gasteiger partial charge in [0.05, 0.1) is 0 Å². The summed E-state index contributed by atoms with van der Waals surface area (Å²) in [4.78, 5) is 2.37. The van der Waals surface area contributed by atoms with E-state index in [9.17, 15) is 0 Å². The van der Waals surface area contributed by atoms with Gasteiger partial charge in [0.25, 0.3) is 0 Å². The predicted octanol–water partition coefficient (Wildman–Crippen LogP) is 15.5. The second-order valence-corrected chi connectivity index (χ2v) is 14.5. The van der Waals surface area contributed by atoms with Crippen molar-refractivity contribution in [2.45, 2.75) is 0 Å². The highest BCUT2D eigenvalue weighted by atomic mass is 16.3. The lowest BCUT2D eigenvalue weighted by Gasteiger charge is -2.26. The Hall–Kier alpha value is -7.42. The van der Waals surface area contributed by atoms with Crippen molar-refractivity contribution in [2.24, 2.45) is 0 Å². The molecule has 0 N–H and O–H groups in total. The molecular weight excluding hydrogens is 679 g/mol. The van der Waals surface area contributed by atoms with Crippen molar-refractivity contribution >= 4 is 71.3 Å². The van der Waals surface area contributed by atoms with Crippen molar-refractivity contribution in [3.05, 3.63) is 212 Å². The summed E-state index contributed by atoms with van der Waals surface area (Å²) in [7, 11) is 0. The summed E-state index contributed by atoms with van der Waals surface area (Å²) in [5.74, 6) is 0. The molecule has 0 amide bonds. The van der Waals surface area contributed by atoms with E-state index in [-0.39, 0.29) is 0 Å². The van der Waals surface area contributed by atoms with Gasteiger partial charge in [-0.25, -0.2) is 0 Å². The number of nitrogens with zero attached hydrogens (tertiary/aromatic N) is 1. The summed E-state index contributed by atoms with van der Waals surface area (Å²) in [6.07, 6.45) is 0. The average molecular weight is 714 g/mol. The van der Waals surface area contributed by atoms with Crippen molar-refractivity contribution in [1.29, 1.82) is 0 Å². The number of anilines is 3. The first-order chi connectivity index (χ1) is 27.7. The summed E-state index contributed by atoms with van der Waals surface area (Å²) in [6, 6.07) is 76.6. The first-order valence-electron chi connectivity index (χ1n) is 19.2. The lowest BCUT2D eigenvalue weighted by atomic mass is 9.93. The van der Waals surface area contributed by atoms with Crippen LogP contribution in [0.5, 0.6) is 0 Å². The van der Waals surface area contributed by atoms with E-state index >= 15 is 0 Å². The zero-order valence-electron chi connectivity index (χ0n) is 30.6. The maximum absolute atomic E-state index is 6.13. The molecule has 0 atom stereocenters. The Morgan fingerprint density at radius 1 is 0.268 bits per heavy atom. The molecule has 11 aromatic rings. The summed E-state index contributed by atoms with van der Waals surface area (Å²) in [5.41, 5.74) is 12.2. The third-order valence-corrected chi connectivity index (χ3v) is 11.2. The van der Waals surface area contributed by atoms with E-state index in [1.54, 1.807) is 0 Å².